The quantitative estimate of drug-likeness (QED) is 0.0914. The van der Waals surface area contributed by atoms with E-state index in [0.717, 1.165) is 30.7 Å². The van der Waals surface area contributed by atoms with Gasteiger partial charge in [0, 0.05) is 44.8 Å². The third-order valence-electron chi connectivity index (χ3n) is 7.59. The molecule has 3 aromatic carbocycles. The van der Waals surface area contributed by atoms with Gasteiger partial charge in [-0.25, -0.2) is 4.39 Å². The number of fused-ring (bicyclic) bond motifs is 1. The summed E-state index contributed by atoms with van der Waals surface area (Å²) in [6.45, 7) is 1.79. The fourth-order valence-electron chi connectivity index (χ4n) is 5.28. The maximum atomic E-state index is 13.8. The number of amides is 2. The first kappa shape index (κ1) is 35.0. The molecule has 48 heavy (non-hydrogen) atoms. The molecule has 2 amide bonds. The summed E-state index contributed by atoms with van der Waals surface area (Å²) in [6, 6.07) is 9.45. The molecule has 1 aromatic heterocycles. The molecule has 0 saturated carbocycles. The molecule has 4 aromatic rings. The monoisotopic (exact) mass is 715 g/mol. The molecule has 1 fully saturated rings. The van der Waals surface area contributed by atoms with Gasteiger partial charge in [-0.05, 0) is 55.0 Å². The first-order valence-corrected chi connectivity index (χ1v) is 16.0. The lowest BCUT2D eigenvalue weighted by Gasteiger charge is -2.21. The molecule has 3 N–H and O–H groups in total. The van der Waals surface area contributed by atoms with Crippen molar-refractivity contribution >= 4 is 62.0 Å². The molecule has 2 heterocycles. The van der Waals surface area contributed by atoms with E-state index >= 15 is 0 Å². The van der Waals surface area contributed by atoms with Crippen LogP contribution >= 0.6 is 11.3 Å². The van der Waals surface area contributed by atoms with Gasteiger partial charge in [-0.15, -0.1) is 11.3 Å². The predicted octanol–water partition coefficient (Wildman–Crippen LogP) is 7.19. The summed E-state index contributed by atoms with van der Waals surface area (Å²) in [5.74, 6) is -2.81. The van der Waals surface area contributed by atoms with Gasteiger partial charge in [-0.2, -0.15) is 26.3 Å². The second kappa shape index (κ2) is 14.0. The number of nitrogens with zero attached hydrogens (tertiary/aromatic N) is 1. The summed E-state index contributed by atoms with van der Waals surface area (Å²) in [7, 11) is 1.34. The number of nitrogens with one attached hydrogen (secondary N) is 3. The van der Waals surface area contributed by atoms with Crippen molar-refractivity contribution in [3.8, 4) is 5.75 Å². The highest BCUT2D eigenvalue weighted by molar-refractivity contribution is 7.65. The molecule has 1 unspecified atom stereocenters. The molecule has 1 aliphatic rings. The zero-order valence-corrected chi connectivity index (χ0v) is 26.5. The molecule has 1 saturated heterocycles. The lowest BCUT2D eigenvalue weighted by Crippen LogP contribution is -2.34. The van der Waals surface area contributed by atoms with Crippen LogP contribution in [0.3, 0.4) is 0 Å². The fourth-order valence-corrected chi connectivity index (χ4v) is 6.58. The van der Waals surface area contributed by atoms with Crippen molar-refractivity contribution in [2.75, 3.05) is 48.0 Å². The molecule has 0 bridgehead atoms. The van der Waals surface area contributed by atoms with Gasteiger partial charge in [0.1, 0.15) is 16.4 Å². The Morgan fingerprint density at radius 1 is 0.979 bits per heavy atom. The van der Waals surface area contributed by atoms with Crippen LogP contribution < -0.4 is 25.6 Å². The molecule has 17 heteroatoms. The number of hydrogen-bond donors (Lipinski definition) is 3. The number of carbonyl (C=O) groups excluding carboxylic acids is 2. The van der Waals surface area contributed by atoms with E-state index in [-0.39, 0.29) is 38.0 Å². The minimum atomic E-state index is -5.06. The van der Waals surface area contributed by atoms with Crippen molar-refractivity contribution in [1.29, 1.82) is 0 Å². The number of carbonyl (C=O) groups is 2. The second-order valence-electron chi connectivity index (χ2n) is 10.7. The number of methoxy groups -OCH3 is 1. The minimum absolute atomic E-state index is 0.0351. The number of halogens is 7. The molecule has 5 rings (SSSR count). The Labute approximate surface area is 276 Å². The average Bonchev–Trinajstić information content (AvgIpc) is 3.65. The van der Waals surface area contributed by atoms with Gasteiger partial charge in [0.25, 0.3) is 11.8 Å². The van der Waals surface area contributed by atoms with Crippen molar-refractivity contribution in [2.45, 2.75) is 24.8 Å². The van der Waals surface area contributed by atoms with Crippen LogP contribution in [0.4, 0.5) is 47.8 Å². The number of ether oxygens (including phenoxy) is 1. The number of thiophene rings is 1. The van der Waals surface area contributed by atoms with E-state index in [2.05, 4.69) is 16.0 Å². The summed E-state index contributed by atoms with van der Waals surface area (Å²) in [5.41, 5.74) is -2.55. The summed E-state index contributed by atoms with van der Waals surface area (Å²) in [4.78, 5) is 28.9. The zero-order valence-electron chi connectivity index (χ0n) is 24.9. The Bertz CT molecular complexity index is 1860. The van der Waals surface area contributed by atoms with Crippen molar-refractivity contribution < 1.29 is 49.3 Å². The van der Waals surface area contributed by atoms with Crippen LogP contribution in [0.1, 0.15) is 37.6 Å². The van der Waals surface area contributed by atoms with E-state index in [1.54, 1.807) is 18.2 Å². The molecule has 1 aliphatic heterocycles. The molecule has 0 aliphatic carbocycles. The van der Waals surface area contributed by atoms with E-state index in [1.807, 2.05) is 4.90 Å². The summed E-state index contributed by atoms with van der Waals surface area (Å²) < 4.78 is 110. The van der Waals surface area contributed by atoms with Crippen LogP contribution in [-0.4, -0.2) is 50.4 Å². The molecule has 0 radical (unpaired) electrons. The van der Waals surface area contributed by atoms with Gasteiger partial charge >= 0.3 is 24.0 Å². The predicted molar refractivity (Wildman–Crippen MR) is 169 cm³/mol. The van der Waals surface area contributed by atoms with E-state index in [4.69, 9.17) is 4.74 Å². The minimum Gasteiger partial charge on any atom is -0.496 e. The van der Waals surface area contributed by atoms with Crippen LogP contribution in [0, 0.1) is 5.82 Å². The Morgan fingerprint density at radius 2 is 1.75 bits per heavy atom. The van der Waals surface area contributed by atoms with Gasteiger partial charge in [0.15, 0.2) is 0 Å². The van der Waals surface area contributed by atoms with Crippen molar-refractivity contribution in [3.63, 3.8) is 0 Å². The number of rotatable bonds is 10. The van der Waals surface area contributed by atoms with E-state index in [9.17, 15) is 44.5 Å². The Balaban J connectivity index is 1.49. The number of anilines is 3. The lowest BCUT2D eigenvalue weighted by atomic mass is 10.1. The van der Waals surface area contributed by atoms with Gasteiger partial charge in [-0.3, -0.25) is 9.59 Å². The first-order chi connectivity index (χ1) is 22.7. The highest BCUT2D eigenvalue weighted by Crippen LogP contribution is 2.41. The van der Waals surface area contributed by atoms with Crippen LogP contribution in [0.2, 0.25) is 0 Å². The highest BCUT2D eigenvalue weighted by atomic mass is 32.1. The Hall–Kier alpha value is -4.35. The second-order valence-corrected chi connectivity index (χ2v) is 12.4. The van der Waals surface area contributed by atoms with E-state index in [0.29, 0.717) is 66.2 Å². The summed E-state index contributed by atoms with van der Waals surface area (Å²) in [6.07, 6.45) is -9.00. The average molecular weight is 716 g/mol. The zero-order chi connectivity index (χ0) is 34.8. The number of hydrogen-bond acceptors (Lipinski definition) is 7. The lowest BCUT2D eigenvalue weighted by molar-refractivity contribution is -0.140. The number of benzene rings is 3. The Kier molecular flexibility index (Phi) is 10.2. The topological polar surface area (TPSA) is 99.8 Å². The van der Waals surface area contributed by atoms with Crippen LogP contribution in [0.5, 0.6) is 5.75 Å². The SMILES string of the molecule is COc1ccc(N2CCC(NCC[S+]=O)C2)cc1C(=O)Nc1c(C(=O)Nc2ccc(F)c(C(F)(F)F)c2)sc2cc(C(F)(F)F)ccc12. The molecule has 254 valence electrons. The van der Waals surface area contributed by atoms with Gasteiger partial charge in [0.2, 0.25) is 5.75 Å². The first-order valence-electron chi connectivity index (χ1n) is 14.2. The van der Waals surface area contributed by atoms with Gasteiger partial charge < -0.3 is 25.6 Å². The standard InChI is InChI=1S/C31H25F7N4O4S2/c1-46-24-7-4-19(42-10-8-18(15-42)39-9-11-47-45)14-21(24)28(43)41-26-20-5-2-16(30(33,34)35)12-25(20)48-27(26)29(44)40-17-3-6-23(32)22(13-17)31(36,37)38/h2-7,12-14,18,39H,8-11,15H2,1H3,(H-,40,41,43,44)/p+1. The normalized spacial score (nSPS) is 15.1. The fraction of sp³-hybridized carbons (Fsp3) is 0.290. The van der Waals surface area contributed by atoms with Crippen LogP contribution in [-0.2, 0) is 28.2 Å². The summed E-state index contributed by atoms with van der Waals surface area (Å²) >= 11 is 1.07. The van der Waals surface area contributed by atoms with Gasteiger partial charge in [-0.1, -0.05) is 6.07 Å². The van der Waals surface area contributed by atoms with Crippen molar-refractivity contribution in [3.05, 3.63) is 82.0 Å². The maximum absolute atomic E-state index is 13.8. The Morgan fingerprint density at radius 3 is 2.44 bits per heavy atom. The van der Waals surface area contributed by atoms with Crippen molar-refractivity contribution in [1.82, 2.24) is 5.32 Å². The van der Waals surface area contributed by atoms with Crippen LogP contribution in [0.25, 0.3) is 10.1 Å². The number of alkyl halides is 6. The van der Waals surface area contributed by atoms with Crippen molar-refractivity contribution in [2.24, 2.45) is 0 Å². The third-order valence-corrected chi connectivity index (χ3v) is 9.11. The largest absolute Gasteiger partial charge is 0.496 e. The molecular weight excluding hydrogens is 689 g/mol. The van der Waals surface area contributed by atoms with Crippen LogP contribution in [0.15, 0.2) is 54.6 Å². The third kappa shape index (κ3) is 7.68. The molecular formula is C31H26F7N4O4S2+. The maximum Gasteiger partial charge on any atom is 0.460 e. The van der Waals surface area contributed by atoms with E-state index < -0.39 is 46.8 Å². The smallest absolute Gasteiger partial charge is 0.460 e. The summed E-state index contributed by atoms with van der Waals surface area (Å²) in [5, 5.41) is 8.20. The van der Waals surface area contributed by atoms with Gasteiger partial charge in [0.05, 0.1) is 36.0 Å². The highest BCUT2D eigenvalue weighted by Gasteiger charge is 2.35. The molecule has 1 atom stereocenters. The van der Waals surface area contributed by atoms with E-state index in [1.165, 1.54) is 7.11 Å². The molecule has 8 nitrogen and oxygen atoms in total. The molecule has 0 spiro atoms.